The van der Waals surface area contributed by atoms with Crippen molar-refractivity contribution in [3.63, 3.8) is 0 Å². The number of urea groups is 1. The van der Waals surface area contributed by atoms with Crippen LogP contribution >= 0.6 is 0 Å². The molecule has 9 heteroatoms. The molecule has 4 amide bonds. The summed E-state index contributed by atoms with van der Waals surface area (Å²) in [5.41, 5.74) is 1.37. The molecule has 162 valence electrons. The Kier molecular flexibility index (Phi) is 5.46. The summed E-state index contributed by atoms with van der Waals surface area (Å²) < 4.78 is 11.5. The van der Waals surface area contributed by atoms with Gasteiger partial charge in [-0.15, -0.1) is 0 Å². The molecule has 0 radical (unpaired) electrons. The summed E-state index contributed by atoms with van der Waals surface area (Å²) in [6.45, 7) is -0.0310. The summed E-state index contributed by atoms with van der Waals surface area (Å²) >= 11 is 0. The number of aromatic nitrogens is 1. The van der Waals surface area contributed by atoms with Gasteiger partial charge in [-0.05, 0) is 36.4 Å². The van der Waals surface area contributed by atoms with Crippen LogP contribution in [0.3, 0.4) is 0 Å². The van der Waals surface area contributed by atoms with Gasteiger partial charge in [0, 0.05) is 22.7 Å². The molecule has 2 heterocycles. The van der Waals surface area contributed by atoms with E-state index in [1.165, 1.54) is 20.3 Å². The predicted molar refractivity (Wildman–Crippen MR) is 116 cm³/mol. The number of amides is 4. The first-order valence-electron chi connectivity index (χ1n) is 9.63. The van der Waals surface area contributed by atoms with E-state index in [9.17, 15) is 19.2 Å². The number of carbonyl (C=O) groups excluding carboxylic acids is 4. The number of ether oxygens (including phenoxy) is 2. The van der Waals surface area contributed by atoms with Gasteiger partial charge < -0.3 is 14.0 Å². The molecular formula is C23H19N3O6. The zero-order valence-electron chi connectivity index (χ0n) is 17.3. The number of para-hydroxylation sites is 1. The Balaban J connectivity index is 1.76. The Bertz CT molecular complexity index is 1270. The average Bonchev–Trinajstić information content (AvgIpc) is 3.14. The van der Waals surface area contributed by atoms with Gasteiger partial charge in [-0.1, -0.05) is 18.2 Å². The van der Waals surface area contributed by atoms with Crippen molar-refractivity contribution in [3.05, 3.63) is 65.9 Å². The first kappa shape index (κ1) is 20.9. The lowest BCUT2D eigenvalue weighted by atomic mass is 10.1. The summed E-state index contributed by atoms with van der Waals surface area (Å²) in [5, 5.41) is 2.93. The Morgan fingerprint density at radius 2 is 1.75 bits per heavy atom. The molecule has 1 saturated heterocycles. The van der Waals surface area contributed by atoms with Crippen LogP contribution in [0.4, 0.5) is 10.5 Å². The lowest BCUT2D eigenvalue weighted by Gasteiger charge is -2.26. The quantitative estimate of drug-likeness (QED) is 0.376. The monoisotopic (exact) mass is 433 g/mol. The number of methoxy groups -OCH3 is 2. The molecule has 1 aromatic heterocycles. The second-order valence-corrected chi connectivity index (χ2v) is 6.96. The standard InChI is InChI=1S/C23H19N3O6/c1-31-16-9-7-15(8-10-16)26-22(29)18(21(28)24-23(26)30)11-14-12-25(13-20(27)32-2)19-6-4-3-5-17(14)19/h3-12H,13H2,1-2H3,(H,24,28,30)/b18-11+. The second kappa shape index (κ2) is 8.38. The van der Waals surface area contributed by atoms with E-state index in [1.54, 1.807) is 35.0 Å². The molecule has 1 aliphatic heterocycles. The fraction of sp³-hybridized carbons (Fsp3) is 0.130. The maximum absolute atomic E-state index is 13.1. The van der Waals surface area contributed by atoms with Gasteiger partial charge in [-0.25, -0.2) is 9.69 Å². The number of fused-ring (bicyclic) bond motifs is 1. The van der Waals surface area contributed by atoms with Crippen molar-refractivity contribution in [1.29, 1.82) is 0 Å². The number of imide groups is 2. The van der Waals surface area contributed by atoms with E-state index in [2.05, 4.69) is 5.32 Å². The van der Waals surface area contributed by atoms with Crippen LogP contribution in [-0.4, -0.2) is 42.6 Å². The lowest BCUT2D eigenvalue weighted by molar-refractivity contribution is -0.141. The van der Waals surface area contributed by atoms with Crippen molar-refractivity contribution in [2.24, 2.45) is 0 Å². The molecule has 1 N–H and O–H groups in total. The highest BCUT2D eigenvalue weighted by molar-refractivity contribution is 6.39. The highest BCUT2D eigenvalue weighted by atomic mass is 16.5. The van der Waals surface area contributed by atoms with Crippen LogP contribution in [-0.2, 0) is 25.7 Å². The van der Waals surface area contributed by atoms with Crippen LogP contribution in [0.25, 0.3) is 17.0 Å². The topological polar surface area (TPSA) is 107 Å². The summed E-state index contributed by atoms with van der Waals surface area (Å²) in [5.74, 6) is -1.43. The van der Waals surface area contributed by atoms with E-state index in [1.807, 2.05) is 24.3 Å². The molecule has 2 aromatic carbocycles. The molecule has 9 nitrogen and oxygen atoms in total. The van der Waals surface area contributed by atoms with Crippen molar-refractivity contribution < 1.29 is 28.7 Å². The fourth-order valence-electron chi connectivity index (χ4n) is 3.50. The maximum atomic E-state index is 13.1. The number of hydrogen-bond donors (Lipinski definition) is 1. The Hall–Kier alpha value is -4.40. The van der Waals surface area contributed by atoms with Gasteiger partial charge >= 0.3 is 12.0 Å². The van der Waals surface area contributed by atoms with E-state index in [0.717, 1.165) is 15.8 Å². The van der Waals surface area contributed by atoms with Crippen LogP contribution in [0.5, 0.6) is 5.75 Å². The number of nitrogens with one attached hydrogen (secondary N) is 1. The molecule has 0 bridgehead atoms. The van der Waals surface area contributed by atoms with Crippen LogP contribution in [0.15, 0.2) is 60.3 Å². The average molecular weight is 433 g/mol. The fourth-order valence-corrected chi connectivity index (χ4v) is 3.50. The summed E-state index contributed by atoms with van der Waals surface area (Å²) in [6, 6.07) is 12.7. The highest BCUT2D eigenvalue weighted by Gasteiger charge is 2.37. The summed E-state index contributed by atoms with van der Waals surface area (Å²) in [6.07, 6.45) is 3.07. The molecule has 0 unspecified atom stereocenters. The van der Waals surface area contributed by atoms with Crippen LogP contribution in [0.2, 0.25) is 0 Å². The molecule has 1 fully saturated rings. The number of barbiturate groups is 1. The predicted octanol–water partition coefficient (Wildman–Crippen LogP) is 2.49. The van der Waals surface area contributed by atoms with Gasteiger partial charge in [0.2, 0.25) is 0 Å². The van der Waals surface area contributed by atoms with Crippen LogP contribution < -0.4 is 15.0 Å². The lowest BCUT2D eigenvalue weighted by Crippen LogP contribution is -2.54. The number of hydrogen-bond acceptors (Lipinski definition) is 6. The van der Waals surface area contributed by atoms with Gasteiger partial charge in [0.15, 0.2) is 0 Å². The molecule has 32 heavy (non-hydrogen) atoms. The van der Waals surface area contributed by atoms with Crippen molar-refractivity contribution >= 4 is 46.5 Å². The van der Waals surface area contributed by atoms with E-state index in [4.69, 9.17) is 9.47 Å². The molecule has 1 aliphatic rings. The van der Waals surface area contributed by atoms with Crippen molar-refractivity contribution in [1.82, 2.24) is 9.88 Å². The Morgan fingerprint density at radius 3 is 2.44 bits per heavy atom. The van der Waals surface area contributed by atoms with E-state index in [-0.39, 0.29) is 12.1 Å². The first-order chi connectivity index (χ1) is 15.4. The molecular weight excluding hydrogens is 414 g/mol. The van der Waals surface area contributed by atoms with Crippen LogP contribution in [0.1, 0.15) is 5.56 Å². The summed E-state index contributed by atoms with van der Waals surface area (Å²) in [4.78, 5) is 50.7. The smallest absolute Gasteiger partial charge is 0.335 e. The minimum atomic E-state index is -0.838. The molecule has 0 spiro atoms. The third kappa shape index (κ3) is 3.71. The van der Waals surface area contributed by atoms with Gasteiger partial charge in [-0.2, -0.15) is 0 Å². The number of esters is 1. The number of benzene rings is 2. The molecule has 4 rings (SSSR count). The Morgan fingerprint density at radius 1 is 1.03 bits per heavy atom. The zero-order chi connectivity index (χ0) is 22.8. The number of anilines is 1. The highest BCUT2D eigenvalue weighted by Crippen LogP contribution is 2.27. The number of rotatable bonds is 5. The molecule has 3 aromatic rings. The van der Waals surface area contributed by atoms with Gasteiger partial charge in [0.05, 0.1) is 19.9 Å². The second-order valence-electron chi connectivity index (χ2n) is 6.96. The van der Waals surface area contributed by atoms with Crippen molar-refractivity contribution in [2.45, 2.75) is 6.54 Å². The van der Waals surface area contributed by atoms with Gasteiger partial charge in [0.25, 0.3) is 11.8 Å². The third-order valence-corrected chi connectivity index (χ3v) is 5.08. The van der Waals surface area contributed by atoms with Crippen LogP contribution in [0, 0.1) is 0 Å². The van der Waals surface area contributed by atoms with E-state index in [0.29, 0.717) is 17.0 Å². The van der Waals surface area contributed by atoms with E-state index < -0.39 is 23.8 Å². The molecule has 0 aliphatic carbocycles. The summed E-state index contributed by atoms with van der Waals surface area (Å²) in [7, 11) is 2.80. The number of nitrogens with zero attached hydrogens (tertiary/aromatic N) is 2. The zero-order valence-corrected chi connectivity index (χ0v) is 17.3. The first-order valence-corrected chi connectivity index (χ1v) is 9.63. The molecule has 0 saturated carbocycles. The largest absolute Gasteiger partial charge is 0.497 e. The third-order valence-electron chi connectivity index (χ3n) is 5.08. The van der Waals surface area contributed by atoms with Gasteiger partial charge in [0.1, 0.15) is 17.9 Å². The van der Waals surface area contributed by atoms with E-state index >= 15 is 0 Å². The maximum Gasteiger partial charge on any atom is 0.335 e. The minimum Gasteiger partial charge on any atom is -0.497 e. The van der Waals surface area contributed by atoms with Crippen molar-refractivity contribution in [2.75, 3.05) is 19.1 Å². The van der Waals surface area contributed by atoms with Crippen molar-refractivity contribution in [3.8, 4) is 5.75 Å². The normalized spacial score (nSPS) is 15.2. The SMILES string of the molecule is COC(=O)Cn1cc(/C=C2\C(=O)NC(=O)N(c3ccc(OC)cc3)C2=O)c2ccccc21. The molecule has 0 atom stereocenters. The number of carbonyl (C=O) groups is 4. The Labute approximate surface area is 182 Å². The minimum absolute atomic E-state index is 0.0310. The van der Waals surface area contributed by atoms with Gasteiger partial charge in [-0.3, -0.25) is 19.7 Å².